The van der Waals surface area contributed by atoms with Gasteiger partial charge in [0.2, 0.25) is 0 Å². The first-order valence-corrected chi connectivity index (χ1v) is 8.15. The quantitative estimate of drug-likeness (QED) is 0.823. The standard InChI is InChI=1S/C20H26N2O2/c1-14(2)15-6-10-17(11-7-15)21-19(23)22-20(3,4)16-8-12-18(24-5)13-9-16/h6-14H,1-5H3,(H2,21,22,23). The van der Waals surface area contributed by atoms with E-state index in [1.807, 2.05) is 62.4 Å². The van der Waals surface area contributed by atoms with Gasteiger partial charge < -0.3 is 15.4 Å². The Bertz CT molecular complexity index is 674. The molecule has 24 heavy (non-hydrogen) atoms. The zero-order valence-corrected chi connectivity index (χ0v) is 15.0. The van der Waals surface area contributed by atoms with Crippen LogP contribution in [-0.2, 0) is 5.54 Å². The maximum Gasteiger partial charge on any atom is 0.319 e. The molecule has 4 nitrogen and oxygen atoms in total. The molecule has 0 atom stereocenters. The van der Waals surface area contributed by atoms with Crippen LogP contribution < -0.4 is 15.4 Å². The van der Waals surface area contributed by atoms with E-state index in [0.717, 1.165) is 17.0 Å². The van der Waals surface area contributed by atoms with Gasteiger partial charge in [-0.1, -0.05) is 38.1 Å². The van der Waals surface area contributed by atoms with Crippen molar-refractivity contribution in [3.8, 4) is 5.75 Å². The number of methoxy groups -OCH3 is 1. The Balaban J connectivity index is 2.01. The molecule has 0 aliphatic heterocycles. The molecule has 0 fully saturated rings. The van der Waals surface area contributed by atoms with Crippen molar-refractivity contribution in [1.29, 1.82) is 0 Å². The number of benzene rings is 2. The number of hydrogen-bond donors (Lipinski definition) is 2. The predicted octanol–water partition coefficient (Wildman–Crippen LogP) is 4.88. The Kier molecular flexibility index (Phi) is 5.50. The van der Waals surface area contributed by atoms with Gasteiger partial charge in [0.1, 0.15) is 5.75 Å². The third-order valence-corrected chi connectivity index (χ3v) is 4.07. The Morgan fingerprint density at radius 1 is 1.00 bits per heavy atom. The van der Waals surface area contributed by atoms with Crippen molar-refractivity contribution >= 4 is 11.7 Å². The van der Waals surface area contributed by atoms with Crippen LogP contribution in [0, 0.1) is 0 Å². The first-order chi connectivity index (χ1) is 11.3. The van der Waals surface area contributed by atoms with E-state index < -0.39 is 5.54 Å². The summed E-state index contributed by atoms with van der Waals surface area (Å²) in [6.07, 6.45) is 0. The minimum absolute atomic E-state index is 0.229. The van der Waals surface area contributed by atoms with Crippen molar-refractivity contribution in [3.05, 3.63) is 59.7 Å². The van der Waals surface area contributed by atoms with E-state index in [1.165, 1.54) is 5.56 Å². The Hall–Kier alpha value is -2.49. The van der Waals surface area contributed by atoms with E-state index >= 15 is 0 Å². The fraction of sp³-hybridized carbons (Fsp3) is 0.350. The zero-order chi connectivity index (χ0) is 17.7. The molecule has 0 spiro atoms. The summed E-state index contributed by atoms with van der Waals surface area (Å²) in [5.41, 5.74) is 2.55. The maximum atomic E-state index is 12.3. The molecule has 0 saturated heterocycles. The van der Waals surface area contributed by atoms with Gasteiger partial charge in [-0.25, -0.2) is 4.79 Å². The van der Waals surface area contributed by atoms with Crippen LogP contribution in [-0.4, -0.2) is 13.1 Å². The summed E-state index contributed by atoms with van der Waals surface area (Å²) in [5, 5.41) is 5.89. The molecule has 0 aliphatic carbocycles. The number of carbonyl (C=O) groups is 1. The number of amides is 2. The van der Waals surface area contributed by atoms with Gasteiger partial charge in [0.25, 0.3) is 0 Å². The smallest absolute Gasteiger partial charge is 0.319 e. The maximum absolute atomic E-state index is 12.3. The number of rotatable bonds is 5. The highest BCUT2D eigenvalue weighted by molar-refractivity contribution is 5.89. The minimum Gasteiger partial charge on any atom is -0.497 e. The minimum atomic E-state index is -0.492. The van der Waals surface area contributed by atoms with Crippen molar-refractivity contribution in [1.82, 2.24) is 5.32 Å². The lowest BCUT2D eigenvalue weighted by molar-refractivity contribution is 0.242. The first-order valence-electron chi connectivity index (χ1n) is 8.15. The van der Waals surface area contributed by atoms with Crippen molar-refractivity contribution in [2.75, 3.05) is 12.4 Å². The average molecular weight is 326 g/mol. The lowest BCUT2D eigenvalue weighted by atomic mass is 9.94. The van der Waals surface area contributed by atoms with Gasteiger partial charge in [0.05, 0.1) is 12.6 Å². The van der Waals surface area contributed by atoms with Crippen LogP contribution in [0.25, 0.3) is 0 Å². The van der Waals surface area contributed by atoms with Gasteiger partial charge in [-0.2, -0.15) is 0 Å². The van der Waals surface area contributed by atoms with Crippen molar-refractivity contribution < 1.29 is 9.53 Å². The van der Waals surface area contributed by atoms with E-state index in [2.05, 4.69) is 24.5 Å². The number of carbonyl (C=O) groups excluding carboxylic acids is 1. The van der Waals surface area contributed by atoms with Gasteiger partial charge in [-0.05, 0) is 55.2 Å². The summed E-state index contributed by atoms with van der Waals surface area (Å²) < 4.78 is 5.17. The van der Waals surface area contributed by atoms with Crippen LogP contribution in [0.4, 0.5) is 10.5 Å². The second kappa shape index (κ2) is 7.39. The third kappa shape index (κ3) is 4.51. The van der Waals surface area contributed by atoms with E-state index in [9.17, 15) is 4.79 Å². The number of hydrogen-bond acceptors (Lipinski definition) is 2. The normalized spacial score (nSPS) is 11.2. The number of ether oxygens (including phenoxy) is 1. The van der Waals surface area contributed by atoms with Crippen LogP contribution >= 0.6 is 0 Å². The molecule has 2 rings (SSSR count). The van der Waals surface area contributed by atoms with Crippen LogP contribution in [0.5, 0.6) is 5.75 Å². The molecule has 0 saturated carbocycles. The third-order valence-electron chi connectivity index (χ3n) is 4.07. The topological polar surface area (TPSA) is 50.4 Å². The molecule has 2 N–H and O–H groups in total. The molecule has 0 radical (unpaired) electrons. The van der Waals surface area contributed by atoms with E-state index in [-0.39, 0.29) is 6.03 Å². The number of nitrogens with one attached hydrogen (secondary N) is 2. The fourth-order valence-electron chi connectivity index (χ4n) is 2.48. The molecular formula is C20H26N2O2. The molecule has 0 bridgehead atoms. The van der Waals surface area contributed by atoms with Crippen molar-refractivity contribution in [2.45, 2.75) is 39.2 Å². The Labute approximate surface area is 144 Å². The van der Waals surface area contributed by atoms with E-state index in [0.29, 0.717) is 5.92 Å². The Morgan fingerprint density at radius 3 is 2.08 bits per heavy atom. The summed E-state index contributed by atoms with van der Waals surface area (Å²) in [4.78, 5) is 12.3. The van der Waals surface area contributed by atoms with Crippen LogP contribution in [0.3, 0.4) is 0 Å². The van der Waals surface area contributed by atoms with Crippen LogP contribution in [0.1, 0.15) is 44.7 Å². The zero-order valence-electron chi connectivity index (χ0n) is 15.0. The van der Waals surface area contributed by atoms with Crippen molar-refractivity contribution in [2.24, 2.45) is 0 Å². The molecule has 2 aromatic carbocycles. The molecule has 128 valence electrons. The largest absolute Gasteiger partial charge is 0.497 e. The highest BCUT2D eigenvalue weighted by Crippen LogP contribution is 2.23. The Morgan fingerprint density at radius 2 is 1.58 bits per heavy atom. The van der Waals surface area contributed by atoms with Gasteiger partial charge in [-0.3, -0.25) is 0 Å². The number of anilines is 1. The van der Waals surface area contributed by atoms with Crippen LogP contribution in [0.2, 0.25) is 0 Å². The lowest BCUT2D eigenvalue weighted by Crippen LogP contribution is -2.43. The monoisotopic (exact) mass is 326 g/mol. The van der Waals surface area contributed by atoms with Gasteiger partial charge in [0.15, 0.2) is 0 Å². The molecule has 0 unspecified atom stereocenters. The fourth-order valence-corrected chi connectivity index (χ4v) is 2.48. The SMILES string of the molecule is COc1ccc(C(C)(C)NC(=O)Nc2ccc(C(C)C)cc2)cc1. The van der Waals surface area contributed by atoms with Gasteiger partial charge in [0, 0.05) is 5.69 Å². The van der Waals surface area contributed by atoms with Gasteiger partial charge >= 0.3 is 6.03 Å². The van der Waals surface area contributed by atoms with Crippen LogP contribution in [0.15, 0.2) is 48.5 Å². The average Bonchev–Trinajstić information content (AvgIpc) is 2.54. The molecule has 0 heterocycles. The molecule has 4 heteroatoms. The number of urea groups is 1. The second-order valence-electron chi connectivity index (χ2n) is 6.71. The highest BCUT2D eigenvalue weighted by Gasteiger charge is 2.22. The summed E-state index contributed by atoms with van der Waals surface area (Å²) in [6, 6.07) is 15.4. The second-order valence-corrected chi connectivity index (χ2v) is 6.71. The van der Waals surface area contributed by atoms with E-state index in [4.69, 9.17) is 4.74 Å². The predicted molar refractivity (Wildman–Crippen MR) is 98.7 cm³/mol. The molecule has 0 aromatic heterocycles. The van der Waals surface area contributed by atoms with E-state index in [1.54, 1.807) is 7.11 Å². The summed E-state index contributed by atoms with van der Waals surface area (Å²) in [6.45, 7) is 8.23. The van der Waals surface area contributed by atoms with Crippen molar-refractivity contribution in [3.63, 3.8) is 0 Å². The summed E-state index contributed by atoms with van der Waals surface area (Å²) in [5.74, 6) is 1.27. The highest BCUT2D eigenvalue weighted by atomic mass is 16.5. The summed E-state index contributed by atoms with van der Waals surface area (Å²) >= 11 is 0. The van der Waals surface area contributed by atoms with Gasteiger partial charge in [-0.15, -0.1) is 0 Å². The molecule has 2 aromatic rings. The molecular weight excluding hydrogens is 300 g/mol. The first kappa shape index (κ1) is 17.9. The summed E-state index contributed by atoms with van der Waals surface area (Å²) in [7, 11) is 1.64. The molecule has 0 aliphatic rings. The lowest BCUT2D eigenvalue weighted by Gasteiger charge is -2.27. The molecule has 2 amide bonds.